The fourth-order valence-electron chi connectivity index (χ4n) is 4.72. The number of amides is 1. The second kappa shape index (κ2) is 16.2. The van der Waals surface area contributed by atoms with Crippen LogP contribution in [0, 0.1) is 0 Å². The van der Waals surface area contributed by atoms with E-state index in [1.165, 1.54) is 62.3 Å². The summed E-state index contributed by atoms with van der Waals surface area (Å²) in [6.07, 6.45) is 16.5. The van der Waals surface area contributed by atoms with Gasteiger partial charge in [-0.05, 0) is 72.5 Å². The maximum atomic E-state index is 13.2. The molecule has 1 aliphatic heterocycles. The molecule has 8 heteroatoms. The third-order valence-corrected chi connectivity index (χ3v) is 9.95. The van der Waals surface area contributed by atoms with Crippen LogP contribution >= 0.6 is 35.3 Å². The SMILES string of the molecule is CCCCCCCc1csc(C(=O)Nc2cccc(C(=O)O)c2OC(=S)C2(CCCCCCC)CC=CS2)c1. The van der Waals surface area contributed by atoms with E-state index < -0.39 is 10.7 Å². The number of unbranched alkanes of at least 4 members (excludes halogenated alkanes) is 8. The van der Waals surface area contributed by atoms with Gasteiger partial charge in [0.1, 0.15) is 5.56 Å². The summed E-state index contributed by atoms with van der Waals surface area (Å²) in [7, 11) is 0. The number of aromatic carboxylic acids is 1. The predicted octanol–water partition coefficient (Wildman–Crippen LogP) is 9.67. The van der Waals surface area contributed by atoms with E-state index in [1.54, 1.807) is 23.9 Å². The number of carboxylic acids is 1. The Bertz CT molecular complexity index is 1130. The Labute approximate surface area is 246 Å². The molecule has 2 aromatic rings. The lowest BCUT2D eigenvalue weighted by atomic mass is 9.97. The Morgan fingerprint density at radius 2 is 1.77 bits per heavy atom. The summed E-state index contributed by atoms with van der Waals surface area (Å²) >= 11 is 8.85. The van der Waals surface area contributed by atoms with Crippen LogP contribution in [0.4, 0.5) is 5.69 Å². The molecule has 0 radical (unpaired) electrons. The number of carbonyl (C=O) groups is 2. The van der Waals surface area contributed by atoms with Gasteiger partial charge in [0.2, 0.25) is 0 Å². The summed E-state index contributed by atoms with van der Waals surface area (Å²) in [6.45, 7) is 4.41. The van der Waals surface area contributed by atoms with Gasteiger partial charge in [0.15, 0.2) is 10.8 Å². The van der Waals surface area contributed by atoms with Gasteiger partial charge >= 0.3 is 5.97 Å². The molecule has 1 aromatic carbocycles. The molecule has 0 saturated carbocycles. The third-order valence-electron chi connectivity index (χ3n) is 7.03. The average Bonchev–Trinajstić information content (AvgIpc) is 3.60. The Morgan fingerprint density at radius 1 is 1.05 bits per heavy atom. The molecule has 0 spiro atoms. The molecule has 1 amide bonds. The molecule has 1 aliphatic rings. The zero-order valence-electron chi connectivity index (χ0n) is 23.1. The van der Waals surface area contributed by atoms with Crippen molar-refractivity contribution in [2.45, 2.75) is 102 Å². The monoisotopic (exact) mass is 587 g/mol. The lowest BCUT2D eigenvalue weighted by Gasteiger charge is -2.29. The lowest BCUT2D eigenvalue weighted by molar-refractivity contribution is 0.0694. The van der Waals surface area contributed by atoms with Crippen LogP contribution in [0.25, 0.3) is 0 Å². The molecule has 1 atom stereocenters. The number of carbonyl (C=O) groups excluding carboxylic acids is 1. The predicted molar refractivity (Wildman–Crippen MR) is 169 cm³/mol. The third kappa shape index (κ3) is 9.19. The number of hydrogen-bond acceptors (Lipinski definition) is 6. The summed E-state index contributed by atoms with van der Waals surface area (Å²) in [5.74, 6) is -1.32. The van der Waals surface area contributed by atoms with Crippen molar-refractivity contribution in [1.82, 2.24) is 0 Å². The van der Waals surface area contributed by atoms with Gasteiger partial charge in [0, 0.05) is 0 Å². The molecular weight excluding hydrogens is 547 g/mol. The zero-order chi connectivity index (χ0) is 28.1. The van der Waals surface area contributed by atoms with Gasteiger partial charge in [0.25, 0.3) is 5.91 Å². The minimum absolute atomic E-state index is 0.0249. The molecule has 0 fully saturated rings. The quantitative estimate of drug-likeness (QED) is 0.142. The van der Waals surface area contributed by atoms with Crippen LogP contribution < -0.4 is 10.1 Å². The number of rotatable bonds is 17. The highest BCUT2D eigenvalue weighted by molar-refractivity contribution is 8.05. The number of benzene rings is 1. The first-order chi connectivity index (χ1) is 18.9. The first kappa shape index (κ1) is 31.4. The molecule has 39 heavy (non-hydrogen) atoms. The van der Waals surface area contributed by atoms with Crippen LogP contribution in [0.2, 0.25) is 0 Å². The average molecular weight is 588 g/mol. The number of hydrogen-bond donors (Lipinski definition) is 2. The molecule has 1 aromatic heterocycles. The van der Waals surface area contributed by atoms with E-state index in [-0.39, 0.29) is 17.2 Å². The zero-order valence-corrected chi connectivity index (χ0v) is 25.6. The second-order valence-electron chi connectivity index (χ2n) is 10.2. The molecule has 3 rings (SSSR count). The first-order valence-corrected chi connectivity index (χ1v) is 16.4. The summed E-state index contributed by atoms with van der Waals surface area (Å²) in [5.41, 5.74) is 1.44. The van der Waals surface area contributed by atoms with Crippen molar-refractivity contribution >= 4 is 57.9 Å². The maximum Gasteiger partial charge on any atom is 0.339 e. The lowest BCUT2D eigenvalue weighted by Crippen LogP contribution is -2.35. The van der Waals surface area contributed by atoms with Crippen LogP contribution in [0.15, 0.2) is 41.1 Å². The second-order valence-corrected chi connectivity index (χ2v) is 12.7. The number of anilines is 1. The van der Waals surface area contributed by atoms with Crippen molar-refractivity contribution < 1.29 is 19.4 Å². The minimum atomic E-state index is -1.13. The molecular formula is C31H41NO4S3. The molecule has 212 valence electrons. The van der Waals surface area contributed by atoms with E-state index in [1.807, 2.05) is 16.9 Å². The van der Waals surface area contributed by atoms with Gasteiger partial charge in [-0.15, -0.1) is 23.1 Å². The number of ether oxygens (including phenoxy) is 1. The van der Waals surface area contributed by atoms with E-state index in [9.17, 15) is 14.7 Å². The number of para-hydroxylation sites is 1. The van der Waals surface area contributed by atoms with Gasteiger partial charge in [0.05, 0.1) is 15.3 Å². The molecule has 0 bridgehead atoms. The first-order valence-electron chi connectivity index (χ1n) is 14.2. The standard InChI is InChI=1S/C31H41NO4S3/c1-3-5-7-9-11-15-23-21-26(38-22-23)28(33)32-25-17-13-16-24(29(34)35)27(25)36-30(37)31(19-14-20-39-31)18-12-10-8-6-4-2/h13-14,16-17,20-22H,3-12,15,18-19H2,1-2H3,(H,32,33)(H,34,35). The van der Waals surface area contributed by atoms with E-state index in [4.69, 9.17) is 17.0 Å². The van der Waals surface area contributed by atoms with E-state index in [2.05, 4.69) is 25.2 Å². The summed E-state index contributed by atoms with van der Waals surface area (Å²) in [5, 5.41) is 17.2. The van der Waals surface area contributed by atoms with Crippen LogP contribution in [-0.2, 0) is 6.42 Å². The van der Waals surface area contributed by atoms with Gasteiger partial charge in [-0.1, -0.05) is 83.8 Å². The number of thiocarbonyl (C=S) groups is 1. The Kier molecular flexibility index (Phi) is 13.0. The van der Waals surface area contributed by atoms with Gasteiger partial charge < -0.3 is 15.2 Å². The maximum absolute atomic E-state index is 13.2. The van der Waals surface area contributed by atoms with Crippen molar-refractivity contribution in [1.29, 1.82) is 0 Å². The van der Waals surface area contributed by atoms with Crippen LogP contribution in [0.5, 0.6) is 5.75 Å². The molecule has 5 nitrogen and oxygen atoms in total. The van der Waals surface area contributed by atoms with Gasteiger partial charge in [-0.25, -0.2) is 4.79 Å². The van der Waals surface area contributed by atoms with Crippen LogP contribution in [-0.4, -0.2) is 26.8 Å². The van der Waals surface area contributed by atoms with Crippen molar-refractivity contribution in [2.75, 3.05) is 5.32 Å². The van der Waals surface area contributed by atoms with E-state index in [0.29, 0.717) is 15.6 Å². The number of allylic oxidation sites excluding steroid dienone is 1. The van der Waals surface area contributed by atoms with Crippen LogP contribution in [0.3, 0.4) is 0 Å². The number of carboxylic acid groups (broad SMARTS) is 1. The van der Waals surface area contributed by atoms with E-state index in [0.717, 1.165) is 44.1 Å². The van der Waals surface area contributed by atoms with Gasteiger partial charge in [-0.2, -0.15) is 0 Å². The molecule has 2 N–H and O–H groups in total. The summed E-state index contributed by atoms with van der Waals surface area (Å²) in [4.78, 5) is 25.9. The fourth-order valence-corrected chi connectivity index (χ4v) is 7.02. The Hall–Kier alpha value is -2.16. The number of nitrogens with one attached hydrogen (secondary N) is 1. The van der Waals surface area contributed by atoms with Gasteiger partial charge in [-0.3, -0.25) is 4.79 Å². The van der Waals surface area contributed by atoms with Crippen molar-refractivity contribution in [2.24, 2.45) is 0 Å². The topological polar surface area (TPSA) is 75.6 Å². The number of thiophene rings is 1. The molecule has 1 unspecified atom stereocenters. The van der Waals surface area contributed by atoms with Crippen LogP contribution in [0.1, 0.15) is 116 Å². The summed E-state index contributed by atoms with van der Waals surface area (Å²) < 4.78 is 5.80. The highest BCUT2D eigenvalue weighted by atomic mass is 32.2. The highest BCUT2D eigenvalue weighted by Crippen LogP contribution is 2.44. The largest absolute Gasteiger partial charge is 0.478 e. The molecule has 0 aliphatic carbocycles. The van der Waals surface area contributed by atoms with E-state index >= 15 is 0 Å². The van der Waals surface area contributed by atoms with Crippen molar-refractivity contribution in [3.05, 3.63) is 57.1 Å². The Balaban J connectivity index is 1.72. The fraction of sp³-hybridized carbons (Fsp3) is 0.516. The normalized spacial score (nSPS) is 16.4. The number of thioether (sulfide) groups is 1. The minimum Gasteiger partial charge on any atom is -0.478 e. The summed E-state index contributed by atoms with van der Waals surface area (Å²) in [6, 6.07) is 6.69. The Morgan fingerprint density at radius 3 is 2.44 bits per heavy atom. The molecule has 2 heterocycles. The molecule has 0 saturated heterocycles. The number of aryl methyl sites for hydroxylation is 1. The van der Waals surface area contributed by atoms with Crippen molar-refractivity contribution in [3.8, 4) is 5.75 Å². The highest BCUT2D eigenvalue weighted by Gasteiger charge is 2.39. The smallest absolute Gasteiger partial charge is 0.339 e. The van der Waals surface area contributed by atoms with Crippen molar-refractivity contribution in [3.63, 3.8) is 0 Å².